The smallest absolute Gasteiger partial charge is 0.244 e. The molecule has 1 aromatic heterocycles. The molecule has 10 nitrogen and oxygen atoms in total. The molecule has 10 heteroatoms. The van der Waals surface area contributed by atoms with Crippen molar-refractivity contribution < 1.29 is 14.3 Å². The number of aromatic nitrogens is 2. The van der Waals surface area contributed by atoms with Crippen LogP contribution in [-0.2, 0) is 23.1 Å². The first kappa shape index (κ1) is 25.9. The van der Waals surface area contributed by atoms with Crippen molar-refractivity contribution in [3.05, 3.63) is 66.5 Å². The van der Waals surface area contributed by atoms with E-state index in [2.05, 4.69) is 20.8 Å². The molecular formula is C27H33N7O3. The van der Waals surface area contributed by atoms with E-state index in [-0.39, 0.29) is 24.9 Å². The third-order valence-electron chi connectivity index (χ3n) is 6.03. The van der Waals surface area contributed by atoms with Crippen LogP contribution >= 0.6 is 0 Å². The maximum absolute atomic E-state index is 13.6. The Labute approximate surface area is 216 Å². The Bertz CT molecular complexity index is 1280. The van der Waals surface area contributed by atoms with Crippen molar-refractivity contribution in [1.29, 1.82) is 0 Å². The maximum Gasteiger partial charge on any atom is 0.244 e. The molecule has 0 saturated heterocycles. The van der Waals surface area contributed by atoms with Crippen LogP contribution in [0.2, 0.25) is 0 Å². The number of carbonyl (C=O) groups excluding carboxylic acids is 2. The van der Waals surface area contributed by atoms with Gasteiger partial charge < -0.3 is 20.4 Å². The highest BCUT2D eigenvalue weighted by Gasteiger charge is 2.30. The van der Waals surface area contributed by atoms with Gasteiger partial charge in [-0.3, -0.25) is 19.3 Å². The molecule has 0 bridgehead atoms. The van der Waals surface area contributed by atoms with E-state index in [9.17, 15) is 9.59 Å². The number of hydrazine groups is 1. The lowest BCUT2D eigenvalue weighted by molar-refractivity contribution is -0.137. The lowest BCUT2D eigenvalue weighted by Crippen LogP contribution is -2.47. The molecule has 1 atom stereocenters. The number of methoxy groups -OCH3 is 1. The van der Waals surface area contributed by atoms with Gasteiger partial charge in [-0.25, -0.2) is 5.01 Å². The van der Waals surface area contributed by atoms with Gasteiger partial charge in [0.05, 0.1) is 32.3 Å². The molecule has 1 aliphatic rings. The zero-order valence-electron chi connectivity index (χ0n) is 21.6. The number of rotatable bonds is 8. The summed E-state index contributed by atoms with van der Waals surface area (Å²) in [5, 5.41) is 8.91. The second-order valence-electron chi connectivity index (χ2n) is 9.23. The van der Waals surface area contributed by atoms with Crippen molar-refractivity contribution in [3.63, 3.8) is 0 Å². The SMILES string of the molecule is COc1ccccc1C[C@@H]1CN=C(NN(C)C)CN(CC(=O)Nc2cccc(-c3cnn(C)c3)c2)C1=O. The van der Waals surface area contributed by atoms with Crippen molar-refractivity contribution in [2.45, 2.75) is 6.42 Å². The molecule has 2 amide bonds. The molecule has 0 saturated carbocycles. The highest BCUT2D eigenvalue weighted by molar-refractivity contribution is 5.97. The van der Waals surface area contributed by atoms with E-state index >= 15 is 0 Å². The number of nitrogens with zero attached hydrogens (tertiary/aromatic N) is 5. The van der Waals surface area contributed by atoms with Crippen molar-refractivity contribution in [1.82, 2.24) is 25.1 Å². The maximum atomic E-state index is 13.6. The standard InChI is InChI=1S/C27H33N7O3/c1-32(2)31-25-17-34(27(36)21(14-28-25)12-20-8-5-6-11-24(20)37-4)18-26(35)30-23-10-7-9-19(13-23)22-15-29-33(3)16-22/h5-11,13,15-16,21H,12,14,17-18H2,1-4H3,(H,28,31)(H,30,35)/t21-/m1/s1. The van der Waals surface area contributed by atoms with Crippen molar-refractivity contribution in [2.24, 2.45) is 18.0 Å². The highest BCUT2D eigenvalue weighted by Crippen LogP contribution is 2.24. The predicted octanol–water partition coefficient (Wildman–Crippen LogP) is 2.20. The minimum absolute atomic E-state index is 0.0908. The summed E-state index contributed by atoms with van der Waals surface area (Å²) in [5.41, 5.74) is 6.63. The number of hydrogen-bond donors (Lipinski definition) is 2. The number of nitrogens with one attached hydrogen (secondary N) is 2. The van der Waals surface area contributed by atoms with Gasteiger partial charge in [0.2, 0.25) is 11.8 Å². The fraction of sp³-hybridized carbons (Fsp3) is 0.333. The lowest BCUT2D eigenvalue weighted by Gasteiger charge is -2.25. The minimum atomic E-state index is -0.417. The van der Waals surface area contributed by atoms with Crippen LogP contribution < -0.4 is 15.5 Å². The Kier molecular flexibility index (Phi) is 8.19. The Balaban J connectivity index is 1.50. The number of amides is 2. The molecule has 37 heavy (non-hydrogen) atoms. The van der Waals surface area contributed by atoms with E-state index in [1.165, 1.54) is 0 Å². The van der Waals surface area contributed by atoms with Gasteiger partial charge in [0.15, 0.2) is 0 Å². The molecule has 4 rings (SSSR count). The summed E-state index contributed by atoms with van der Waals surface area (Å²) in [5.74, 6) is 0.544. The van der Waals surface area contributed by atoms with Gasteiger partial charge >= 0.3 is 0 Å². The predicted molar refractivity (Wildman–Crippen MR) is 143 cm³/mol. The van der Waals surface area contributed by atoms with E-state index in [1.54, 1.807) is 27.9 Å². The summed E-state index contributed by atoms with van der Waals surface area (Å²) in [6, 6.07) is 15.2. The van der Waals surface area contributed by atoms with E-state index < -0.39 is 5.92 Å². The average molecular weight is 504 g/mol. The first-order chi connectivity index (χ1) is 17.8. The summed E-state index contributed by atoms with van der Waals surface area (Å²) >= 11 is 0. The van der Waals surface area contributed by atoms with Gasteiger partial charge in [0, 0.05) is 38.6 Å². The Morgan fingerprint density at radius 2 is 1.97 bits per heavy atom. The zero-order chi connectivity index (χ0) is 26.4. The van der Waals surface area contributed by atoms with Crippen LogP contribution in [0.4, 0.5) is 5.69 Å². The molecular weight excluding hydrogens is 470 g/mol. The molecule has 0 radical (unpaired) electrons. The normalized spacial score (nSPS) is 15.8. The second-order valence-corrected chi connectivity index (χ2v) is 9.23. The van der Waals surface area contributed by atoms with Gasteiger partial charge in [0.25, 0.3) is 0 Å². The monoisotopic (exact) mass is 503 g/mol. The first-order valence-electron chi connectivity index (χ1n) is 12.1. The topological polar surface area (TPSA) is 104 Å². The fourth-order valence-corrected chi connectivity index (χ4v) is 4.34. The van der Waals surface area contributed by atoms with E-state index in [4.69, 9.17) is 4.74 Å². The lowest BCUT2D eigenvalue weighted by atomic mass is 9.97. The Morgan fingerprint density at radius 3 is 2.70 bits per heavy atom. The van der Waals surface area contributed by atoms with Crippen molar-refractivity contribution in [2.75, 3.05) is 46.2 Å². The number of aryl methyl sites for hydroxylation is 1. The van der Waals surface area contributed by atoms with Crippen molar-refractivity contribution >= 4 is 23.3 Å². The quantitative estimate of drug-likeness (QED) is 0.457. The van der Waals surface area contributed by atoms with Crippen LogP contribution in [0, 0.1) is 5.92 Å². The summed E-state index contributed by atoms with van der Waals surface area (Å²) in [4.78, 5) is 32.9. The molecule has 3 aromatic rings. The van der Waals surface area contributed by atoms with Crippen LogP contribution in [-0.4, -0.2) is 78.2 Å². The molecule has 2 heterocycles. The first-order valence-corrected chi connectivity index (χ1v) is 12.1. The van der Waals surface area contributed by atoms with Crippen LogP contribution in [0.3, 0.4) is 0 Å². The van der Waals surface area contributed by atoms with E-state index in [1.807, 2.05) is 75.9 Å². The molecule has 2 N–H and O–H groups in total. The number of ether oxygens (including phenoxy) is 1. The fourth-order valence-electron chi connectivity index (χ4n) is 4.34. The number of carbonyl (C=O) groups is 2. The zero-order valence-corrected chi connectivity index (χ0v) is 21.6. The number of hydrogen-bond acceptors (Lipinski definition) is 7. The second kappa shape index (κ2) is 11.7. The van der Waals surface area contributed by atoms with Gasteiger partial charge in [-0.1, -0.05) is 30.3 Å². The minimum Gasteiger partial charge on any atom is -0.496 e. The van der Waals surface area contributed by atoms with Gasteiger partial charge in [0.1, 0.15) is 18.1 Å². The van der Waals surface area contributed by atoms with E-state index in [0.717, 1.165) is 22.4 Å². The number of amidine groups is 1. The van der Waals surface area contributed by atoms with Crippen LogP contribution in [0.1, 0.15) is 5.56 Å². The van der Waals surface area contributed by atoms with Gasteiger partial charge in [-0.15, -0.1) is 0 Å². The Morgan fingerprint density at radius 1 is 1.16 bits per heavy atom. The summed E-state index contributed by atoms with van der Waals surface area (Å²) in [6.45, 7) is 0.438. The number of benzene rings is 2. The third kappa shape index (κ3) is 6.73. The summed E-state index contributed by atoms with van der Waals surface area (Å²) in [6.07, 6.45) is 4.15. The van der Waals surface area contributed by atoms with Gasteiger partial charge in [-0.05, 0) is 35.7 Å². The summed E-state index contributed by atoms with van der Waals surface area (Å²) < 4.78 is 7.21. The molecule has 2 aromatic carbocycles. The van der Waals surface area contributed by atoms with Gasteiger partial charge in [-0.2, -0.15) is 5.10 Å². The van der Waals surface area contributed by atoms with Crippen LogP contribution in [0.5, 0.6) is 5.75 Å². The highest BCUT2D eigenvalue weighted by atomic mass is 16.5. The Hall–Kier alpha value is -4.18. The molecule has 0 unspecified atom stereocenters. The molecule has 0 aliphatic carbocycles. The largest absolute Gasteiger partial charge is 0.496 e. The average Bonchev–Trinajstić information content (AvgIpc) is 3.26. The summed E-state index contributed by atoms with van der Waals surface area (Å²) in [7, 11) is 7.18. The molecule has 1 aliphatic heterocycles. The molecule has 0 spiro atoms. The van der Waals surface area contributed by atoms with Crippen LogP contribution in [0.25, 0.3) is 11.1 Å². The molecule has 194 valence electrons. The number of para-hydroxylation sites is 1. The third-order valence-corrected chi connectivity index (χ3v) is 6.03. The number of aliphatic imine (C=N–C) groups is 1. The number of anilines is 1. The molecule has 0 fully saturated rings. The van der Waals surface area contributed by atoms with Crippen LogP contribution in [0.15, 0.2) is 65.9 Å². The van der Waals surface area contributed by atoms with Crippen molar-refractivity contribution in [3.8, 4) is 16.9 Å². The van der Waals surface area contributed by atoms with E-state index in [0.29, 0.717) is 24.5 Å².